The third kappa shape index (κ3) is 3.37. The van der Waals surface area contributed by atoms with E-state index in [0.29, 0.717) is 19.0 Å². The Morgan fingerprint density at radius 2 is 1.83 bits per heavy atom. The first-order valence-corrected chi connectivity index (χ1v) is 9.96. The summed E-state index contributed by atoms with van der Waals surface area (Å²) in [5.74, 6) is -5.24. The summed E-state index contributed by atoms with van der Waals surface area (Å²) in [5, 5.41) is 11.3. The Hall–Kier alpha value is -1.90. The number of nitrogens with one attached hydrogen (secondary N) is 1. The largest absolute Gasteiger partial charge is 0.372 e. The quantitative estimate of drug-likeness (QED) is 0.494. The lowest BCUT2D eigenvalue weighted by Crippen LogP contribution is -2.55. The van der Waals surface area contributed by atoms with Crippen molar-refractivity contribution in [2.45, 2.75) is 44.5 Å². The number of aromatic nitrogens is 1. The number of para-hydroxylation sites is 1. The number of aliphatic hydroxyl groups excluding tert-OH is 1. The molecule has 2 aromatic carbocycles. The number of H-pyrrole nitrogens is 1. The van der Waals surface area contributed by atoms with Crippen LogP contribution in [-0.4, -0.2) is 33.2 Å². The number of aromatic amines is 1. The van der Waals surface area contributed by atoms with Crippen molar-refractivity contribution in [3.05, 3.63) is 69.3 Å². The SMILES string of the molecule is CC1Cc2c([nH]c3ccccc23)C(c2c(F)cc(Br)cc2F)N1C(O)C(C)(F)F. The van der Waals surface area contributed by atoms with Gasteiger partial charge in [0.1, 0.15) is 11.6 Å². The molecule has 0 saturated carbocycles. The fourth-order valence-electron chi connectivity index (χ4n) is 4.23. The molecule has 29 heavy (non-hydrogen) atoms. The van der Waals surface area contributed by atoms with Crippen LogP contribution in [0.2, 0.25) is 0 Å². The number of hydrogen-bond donors (Lipinski definition) is 2. The Balaban J connectivity index is 2.01. The van der Waals surface area contributed by atoms with Crippen LogP contribution in [0, 0.1) is 11.6 Å². The molecule has 0 aliphatic carbocycles. The Kier molecular flexibility index (Phi) is 4.99. The second-order valence-corrected chi connectivity index (χ2v) is 8.49. The number of aliphatic hydroxyl groups is 1. The van der Waals surface area contributed by atoms with Gasteiger partial charge in [0.05, 0.1) is 6.04 Å². The van der Waals surface area contributed by atoms with E-state index in [-0.39, 0.29) is 10.0 Å². The molecular weight excluding hydrogens is 452 g/mol. The van der Waals surface area contributed by atoms with E-state index in [1.807, 2.05) is 24.3 Å². The first-order chi connectivity index (χ1) is 13.6. The molecule has 0 saturated heterocycles. The van der Waals surface area contributed by atoms with Crippen molar-refractivity contribution in [3.63, 3.8) is 0 Å². The molecule has 1 aromatic heterocycles. The first kappa shape index (κ1) is 20.4. The van der Waals surface area contributed by atoms with Crippen molar-refractivity contribution >= 4 is 26.8 Å². The molecule has 0 radical (unpaired) electrons. The van der Waals surface area contributed by atoms with E-state index in [0.717, 1.165) is 33.5 Å². The maximum atomic E-state index is 14.9. The fraction of sp³-hybridized carbons (Fsp3) is 0.333. The van der Waals surface area contributed by atoms with E-state index in [1.165, 1.54) is 0 Å². The monoisotopic (exact) mass is 470 g/mol. The third-order valence-corrected chi connectivity index (χ3v) is 5.94. The number of hydrogen-bond acceptors (Lipinski definition) is 2. The molecule has 3 unspecified atom stereocenters. The van der Waals surface area contributed by atoms with Crippen LogP contribution in [0.3, 0.4) is 0 Å². The molecule has 0 spiro atoms. The zero-order chi connectivity index (χ0) is 21.1. The van der Waals surface area contributed by atoms with Crippen LogP contribution in [0.4, 0.5) is 17.6 Å². The zero-order valence-electron chi connectivity index (χ0n) is 15.7. The minimum atomic E-state index is -3.49. The molecule has 1 aliphatic rings. The molecule has 3 atom stereocenters. The van der Waals surface area contributed by atoms with Gasteiger partial charge in [0.15, 0.2) is 6.23 Å². The highest BCUT2D eigenvalue weighted by Gasteiger charge is 2.48. The van der Waals surface area contributed by atoms with Crippen LogP contribution in [0.1, 0.15) is 36.7 Å². The van der Waals surface area contributed by atoms with Crippen molar-refractivity contribution in [1.29, 1.82) is 0 Å². The summed E-state index contributed by atoms with van der Waals surface area (Å²) in [6.45, 7) is 2.26. The lowest BCUT2D eigenvalue weighted by Gasteiger charge is -2.45. The number of halogens is 5. The molecule has 3 aromatic rings. The topological polar surface area (TPSA) is 39.3 Å². The summed E-state index contributed by atoms with van der Waals surface area (Å²) in [7, 11) is 0. The van der Waals surface area contributed by atoms with E-state index in [9.17, 15) is 22.7 Å². The maximum Gasteiger partial charge on any atom is 0.284 e. The summed E-state index contributed by atoms with van der Waals surface area (Å²) in [6, 6.07) is 7.71. The van der Waals surface area contributed by atoms with Crippen molar-refractivity contribution in [3.8, 4) is 0 Å². The van der Waals surface area contributed by atoms with Gasteiger partial charge in [0, 0.05) is 39.6 Å². The average molecular weight is 471 g/mol. The van der Waals surface area contributed by atoms with E-state index < -0.39 is 35.9 Å². The molecule has 0 fully saturated rings. The van der Waals surface area contributed by atoms with Crippen LogP contribution in [0.15, 0.2) is 40.9 Å². The molecule has 4 rings (SSSR count). The fourth-order valence-corrected chi connectivity index (χ4v) is 4.63. The number of fused-ring (bicyclic) bond motifs is 3. The van der Waals surface area contributed by atoms with Gasteiger partial charge in [-0.2, -0.15) is 0 Å². The van der Waals surface area contributed by atoms with Gasteiger partial charge in [-0.1, -0.05) is 34.1 Å². The summed E-state index contributed by atoms with van der Waals surface area (Å²) in [6.07, 6.45) is -1.87. The Bertz CT molecular complexity index is 1060. The third-order valence-electron chi connectivity index (χ3n) is 5.48. The van der Waals surface area contributed by atoms with Gasteiger partial charge in [-0.25, -0.2) is 17.6 Å². The number of alkyl halides is 2. The van der Waals surface area contributed by atoms with Crippen molar-refractivity contribution in [2.24, 2.45) is 0 Å². The van der Waals surface area contributed by atoms with Gasteiger partial charge in [-0.05, 0) is 37.1 Å². The molecule has 3 nitrogen and oxygen atoms in total. The molecule has 2 N–H and O–H groups in total. The van der Waals surface area contributed by atoms with Crippen LogP contribution in [0.5, 0.6) is 0 Å². The van der Waals surface area contributed by atoms with E-state index >= 15 is 0 Å². The highest BCUT2D eigenvalue weighted by Crippen LogP contribution is 2.45. The smallest absolute Gasteiger partial charge is 0.284 e. The molecule has 0 amide bonds. The number of rotatable bonds is 3. The van der Waals surface area contributed by atoms with Gasteiger partial charge in [-0.3, -0.25) is 4.90 Å². The first-order valence-electron chi connectivity index (χ1n) is 9.16. The maximum absolute atomic E-state index is 14.9. The Labute approximate surface area is 173 Å². The number of nitrogens with zero attached hydrogens (tertiary/aromatic N) is 1. The summed E-state index contributed by atoms with van der Waals surface area (Å²) < 4.78 is 58.3. The van der Waals surface area contributed by atoms with Gasteiger partial charge in [0.2, 0.25) is 0 Å². The second kappa shape index (κ2) is 7.11. The highest BCUT2D eigenvalue weighted by molar-refractivity contribution is 9.10. The van der Waals surface area contributed by atoms with Crippen molar-refractivity contribution in [1.82, 2.24) is 9.88 Å². The van der Waals surface area contributed by atoms with Crippen LogP contribution >= 0.6 is 15.9 Å². The van der Waals surface area contributed by atoms with Gasteiger partial charge < -0.3 is 10.1 Å². The normalized spacial score (nSPS) is 21.4. The predicted molar refractivity (Wildman–Crippen MR) is 106 cm³/mol. The van der Waals surface area contributed by atoms with Crippen LogP contribution < -0.4 is 0 Å². The average Bonchev–Trinajstić information content (AvgIpc) is 2.98. The van der Waals surface area contributed by atoms with Crippen molar-refractivity contribution < 1.29 is 22.7 Å². The molecular formula is C21H19BrF4N2O. The standard InChI is InChI=1S/C21H19BrF4N2O/c1-10-7-13-12-5-3-4-6-16(12)27-18(13)19(28(10)20(29)21(2,25)26)17-14(23)8-11(22)9-15(17)24/h3-6,8-10,19-20,27,29H,7H2,1-2H3. The molecule has 8 heteroatoms. The zero-order valence-corrected chi connectivity index (χ0v) is 17.3. The number of benzene rings is 2. The van der Waals surface area contributed by atoms with Gasteiger partial charge in [-0.15, -0.1) is 0 Å². The Morgan fingerprint density at radius 3 is 2.45 bits per heavy atom. The van der Waals surface area contributed by atoms with Gasteiger partial charge >= 0.3 is 0 Å². The second-order valence-electron chi connectivity index (χ2n) is 7.58. The molecule has 154 valence electrons. The lowest BCUT2D eigenvalue weighted by atomic mass is 9.87. The van der Waals surface area contributed by atoms with E-state index in [2.05, 4.69) is 20.9 Å². The minimum Gasteiger partial charge on any atom is -0.372 e. The molecule has 2 heterocycles. The lowest BCUT2D eigenvalue weighted by molar-refractivity contribution is -0.186. The summed E-state index contributed by atoms with van der Waals surface area (Å²) in [4.78, 5) is 4.24. The highest BCUT2D eigenvalue weighted by atomic mass is 79.9. The minimum absolute atomic E-state index is 0.199. The van der Waals surface area contributed by atoms with Crippen LogP contribution in [-0.2, 0) is 6.42 Å². The molecule has 1 aliphatic heterocycles. The van der Waals surface area contributed by atoms with Gasteiger partial charge in [0.25, 0.3) is 5.92 Å². The summed E-state index contributed by atoms with van der Waals surface area (Å²) >= 11 is 3.05. The van der Waals surface area contributed by atoms with Crippen LogP contribution in [0.25, 0.3) is 10.9 Å². The predicted octanol–water partition coefficient (Wildman–Crippen LogP) is 5.52. The molecule has 0 bridgehead atoms. The van der Waals surface area contributed by atoms with E-state index in [4.69, 9.17) is 0 Å². The van der Waals surface area contributed by atoms with E-state index in [1.54, 1.807) is 6.92 Å². The van der Waals surface area contributed by atoms with Crippen molar-refractivity contribution in [2.75, 3.05) is 0 Å². The Morgan fingerprint density at radius 1 is 1.21 bits per heavy atom. The summed E-state index contributed by atoms with van der Waals surface area (Å²) in [5.41, 5.74) is 1.58.